The second-order valence-corrected chi connectivity index (χ2v) is 14.4. The molecule has 316 valence electrons. The predicted molar refractivity (Wildman–Crippen MR) is 197 cm³/mol. The molecule has 4 atom stereocenters. The van der Waals surface area contributed by atoms with Gasteiger partial charge in [0.05, 0.1) is 32.1 Å². The van der Waals surface area contributed by atoms with Crippen LogP contribution in [0.15, 0.2) is 0 Å². The van der Waals surface area contributed by atoms with Gasteiger partial charge in [0.25, 0.3) is 0 Å². The molecule has 4 amide bonds. The molecular formula is C33H57BN8O14. The van der Waals surface area contributed by atoms with Gasteiger partial charge in [-0.05, 0) is 32.1 Å². The molecule has 0 radical (unpaired) electrons. The zero-order valence-electron chi connectivity index (χ0n) is 32.2. The number of carboxylic acids is 4. The Bertz CT molecular complexity index is 1360. The molecule has 2 heterocycles. The molecule has 56 heavy (non-hydrogen) atoms. The van der Waals surface area contributed by atoms with E-state index in [0.717, 1.165) is 0 Å². The summed E-state index contributed by atoms with van der Waals surface area (Å²) in [4.78, 5) is 106. The van der Waals surface area contributed by atoms with Gasteiger partial charge in [0, 0.05) is 65.3 Å². The Hall–Kier alpha value is -4.42. The number of hydrogen-bond acceptors (Lipinski definition) is 14. The summed E-state index contributed by atoms with van der Waals surface area (Å²) in [6, 6.07) is -3.39. The molecule has 0 aromatic heterocycles. The first-order chi connectivity index (χ1) is 26.3. The first-order valence-corrected chi connectivity index (χ1v) is 18.6. The smallest absolute Gasteiger partial charge is 0.475 e. The van der Waals surface area contributed by atoms with Crippen LogP contribution in [0.4, 0.5) is 0 Å². The van der Waals surface area contributed by atoms with Gasteiger partial charge >= 0.3 is 31.0 Å². The van der Waals surface area contributed by atoms with E-state index in [2.05, 4.69) is 16.0 Å². The van der Waals surface area contributed by atoms with Crippen LogP contribution >= 0.6 is 0 Å². The first kappa shape index (κ1) is 47.7. The van der Waals surface area contributed by atoms with Gasteiger partial charge in [0.1, 0.15) is 18.1 Å². The molecule has 23 heteroatoms. The molecule has 2 rings (SSSR count). The Balaban J connectivity index is 2.04. The van der Waals surface area contributed by atoms with Gasteiger partial charge < -0.3 is 51.3 Å². The van der Waals surface area contributed by atoms with Crippen LogP contribution in [0.5, 0.6) is 0 Å². The molecule has 0 saturated carbocycles. The number of nitrogens with one attached hydrogen (secondary N) is 3. The lowest BCUT2D eigenvalue weighted by Gasteiger charge is -2.35. The van der Waals surface area contributed by atoms with Crippen molar-refractivity contribution in [1.29, 1.82) is 0 Å². The Kier molecular flexibility index (Phi) is 20.1. The molecule has 22 nitrogen and oxygen atoms in total. The van der Waals surface area contributed by atoms with Crippen LogP contribution in [0.1, 0.15) is 46.5 Å². The number of hydrogen-bond donors (Lipinski definition) is 9. The molecule has 2 saturated heterocycles. The van der Waals surface area contributed by atoms with Gasteiger partial charge in [-0.3, -0.25) is 58.0 Å². The highest BCUT2D eigenvalue weighted by Gasteiger charge is 2.39. The number of carboxylic acid groups (broad SMARTS) is 4. The molecule has 2 fully saturated rings. The van der Waals surface area contributed by atoms with Crippen molar-refractivity contribution in [2.75, 3.05) is 85.1 Å². The van der Waals surface area contributed by atoms with Gasteiger partial charge in [-0.25, -0.2) is 0 Å². The molecule has 0 aromatic carbocycles. The maximum absolute atomic E-state index is 13.1. The average Bonchev–Trinajstić information content (AvgIpc) is 3.60. The van der Waals surface area contributed by atoms with E-state index >= 15 is 0 Å². The Morgan fingerprint density at radius 2 is 1.16 bits per heavy atom. The normalized spacial score (nSPS) is 19.8. The standard InChI is InChI=1S/C33H57BN8O14/c1-21(2)30(31(51)36-22(3)32(52)42-8-4-5-24(42)34(55)56)37-26(44)17-35-25(43)7-6-23(33(53)54)41-15-13-39(19-28(47)48)11-9-38(18-27(45)46)10-12-40(14-16-41)20-29(49)50/h21-24,30,55-56H,4-20H2,1-3H3,(H,35,43)(H,36,51)(H,37,44)(H,45,46)(H,47,48)(H,49,50)(H,53,54)/t22-,23-,24+,30+/m1/s1. The van der Waals surface area contributed by atoms with Crippen molar-refractivity contribution in [2.24, 2.45) is 5.92 Å². The van der Waals surface area contributed by atoms with E-state index in [9.17, 15) is 68.8 Å². The third-order valence-corrected chi connectivity index (χ3v) is 9.69. The van der Waals surface area contributed by atoms with Gasteiger partial charge in [0.15, 0.2) is 0 Å². The van der Waals surface area contributed by atoms with Crippen molar-refractivity contribution in [3.63, 3.8) is 0 Å². The summed E-state index contributed by atoms with van der Waals surface area (Å²) in [5, 5.41) is 65.1. The maximum Gasteiger partial charge on any atom is 0.475 e. The average molecular weight is 801 g/mol. The van der Waals surface area contributed by atoms with Crippen molar-refractivity contribution < 1.29 is 68.8 Å². The van der Waals surface area contributed by atoms with Crippen molar-refractivity contribution in [2.45, 2.75) is 70.5 Å². The van der Waals surface area contributed by atoms with Crippen LogP contribution in [0.2, 0.25) is 0 Å². The molecule has 0 aromatic rings. The summed E-state index contributed by atoms with van der Waals surface area (Å²) in [6.45, 7) is 4.17. The highest BCUT2D eigenvalue weighted by molar-refractivity contribution is 6.43. The fraction of sp³-hybridized carbons (Fsp3) is 0.758. The van der Waals surface area contributed by atoms with Crippen molar-refractivity contribution >= 4 is 54.6 Å². The molecular weight excluding hydrogens is 743 g/mol. The van der Waals surface area contributed by atoms with Crippen molar-refractivity contribution in [1.82, 2.24) is 40.4 Å². The summed E-state index contributed by atoms with van der Waals surface area (Å²) in [5.74, 6) is -8.48. The molecule has 9 N–H and O–H groups in total. The van der Waals surface area contributed by atoms with Crippen LogP contribution < -0.4 is 16.0 Å². The van der Waals surface area contributed by atoms with Crippen LogP contribution in [0.3, 0.4) is 0 Å². The topological polar surface area (TPSA) is 310 Å². The molecule has 0 unspecified atom stereocenters. The summed E-state index contributed by atoms with van der Waals surface area (Å²) in [6.07, 6.45) is 0.407. The molecule has 0 bridgehead atoms. The first-order valence-electron chi connectivity index (χ1n) is 18.6. The Morgan fingerprint density at radius 3 is 1.59 bits per heavy atom. The van der Waals surface area contributed by atoms with E-state index in [4.69, 9.17) is 0 Å². The summed E-state index contributed by atoms with van der Waals surface area (Å²) >= 11 is 0. The second kappa shape index (κ2) is 23.6. The monoisotopic (exact) mass is 800 g/mol. The van der Waals surface area contributed by atoms with Crippen LogP contribution in [0, 0.1) is 5.92 Å². The van der Waals surface area contributed by atoms with E-state index in [1.165, 1.54) is 16.7 Å². The summed E-state index contributed by atoms with van der Waals surface area (Å²) in [5.41, 5.74) is 0. The Labute approximate surface area is 325 Å². The fourth-order valence-corrected chi connectivity index (χ4v) is 6.66. The molecule has 0 aliphatic carbocycles. The van der Waals surface area contributed by atoms with E-state index in [1.807, 2.05) is 0 Å². The highest BCUT2D eigenvalue weighted by Crippen LogP contribution is 2.19. The Morgan fingerprint density at radius 1 is 0.679 bits per heavy atom. The van der Waals surface area contributed by atoms with Crippen LogP contribution in [-0.4, -0.2) is 219 Å². The largest absolute Gasteiger partial charge is 0.480 e. The van der Waals surface area contributed by atoms with E-state index in [0.29, 0.717) is 19.4 Å². The van der Waals surface area contributed by atoms with E-state index in [1.54, 1.807) is 28.5 Å². The minimum atomic E-state index is -1.73. The zero-order valence-corrected chi connectivity index (χ0v) is 32.2. The lowest BCUT2D eigenvalue weighted by Crippen LogP contribution is -2.57. The fourth-order valence-electron chi connectivity index (χ4n) is 6.66. The third kappa shape index (κ3) is 16.8. The highest BCUT2D eigenvalue weighted by atomic mass is 16.4. The summed E-state index contributed by atoms with van der Waals surface area (Å²) in [7, 11) is -1.73. The number of aliphatic carboxylic acids is 4. The number of nitrogens with zero attached hydrogens (tertiary/aromatic N) is 5. The lowest BCUT2D eigenvalue weighted by molar-refractivity contribution is -0.145. The van der Waals surface area contributed by atoms with Gasteiger partial charge in [-0.15, -0.1) is 0 Å². The number of likely N-dealkylation sites (tertiary alicyclic amines) is 1. The second-order valence-electron chi connectivity index (χ2n) is 14.4. The number of rotatable bonds is 19. The quantitative estimate of drug-likeness (QED) is 0.0556. The van der Waals surface area contributed by atoms with Gasteiger partial charge in [-0.1, -0.05) is 13.8 Å². The van der Waals surface area contributed by atoms with Gasteiger partial charge in [0.2, 0.25) is 23.6 Å². The van der Waals surface area contributed by atoms with Gasteiger partial charge in [-0.2, -0.15) is 0 Å². The third-order valence-electron chi connectivity index (χ3n) is 9.69. The van der Waals surface area contributed by atoms with Crippen molar-refractivity contribution in [3.05, 3.63) is 0 Å². The zero-order chi connectivity index (χ0) is 42.1. The minimum Gasteiger partial charge on any atom is -0.480 e. The van der Waals surface area contributed by atoms with Crippen LogP contribution in [0.25, 0.3) is 0 Å². The van der Waals surface area contributed by atoms with Crippen LogP contribution in [-0.2, 0) is 38.4 Å². The summed E-state index contributed by atoms with van der Waals surface area (Å²) < 4.78 is 0. The lowest BCUT2D eigenvalue weighted by atomic mass is 9.78. The SMILES string of the molecule is CC(C)[C@H](NC(=O)CNC(=O)CC[C@H](C(=O)O)N1CCN(CC(=O)O)CCN(CC(=O)O)CCN(CC(=O)O)CC1)C(=O)N[C@H](C)C(=O)N1CCC[C@H]1B(O)O. The number of carbonyl (C=O) groups excluding carboxylic acids is 4. The predicted octanol–water partition coefficient (Wildman–Crippen LogP) is -4.54. The molecule has 2 aliphatic heterocycles. The number of carbonyl (C=O) groups is 8. The molecule has 2 aliphatic rings. The van der Waals surface area contributed by atoms with E-state index in [-0.39, 0.29) is 71.7 Å². The van der Waals surface area contributed by atoms with E-state index < -0.39 is 104 Å². The molecule has 0 spiro atoms. The minimum absolute atomic E-state index is 0.0268. The van der Waals surface area contributed by atoms with Crippen molar-refractivity contribution in [3.8, 4) is 0 Å². The maximum atomic E-state index is 13.1. The number of amides is 4.